The number of fused-ring (bicyclic) bond motifs is 7. The molecule has 6 aliphatic heterocycles. The van der Waals surface area contributed by atoms with Crippen LogP contribution in [0.5, 0.6) is 0 Å². The van der Waals surface area contributed by atoms with Gasteiger partial charge >= 0.3 is 0 Å². The normalized spacial score (nSPS) is 57.2. The molecule has 6 saturated heterocycles. The fraction of sp³-hybridized carbons (Fsp3) is 0.960. The van der Waals surface area contributed by atoms with Gasteiger partial charge in [-0.05, 0) is 98.7 Å². The lowest BCUT2D eigenvalue weighted by Gasteiger charge is -2.58. The van der Waals surface area contributed by atoms with E-state index in [0.717, 1.165) is 51.6 Å². The lowest BCUT2D eigenvalue weighted by atomic mass is 9.47. The standard InChI is InChI=1S/C50H80O21/c1-20-8-13-50(62-19-20)21(2)32-28(71-50)15-27-25-7-6-23-14-24(9-11-48(23,4)26(25)10-12-49(27,32)5)64-47-43(37(58)34(55)30(17-52)67-47)70-46-40(61)42(69-45-39(60)36(57)33(54)29(16-51)65-45)41(22(3)63-46)68-44-38(59)35(56)31(18-53)66-44/h6,20-22,24-47,51-61H,7-19H2,1-5H3/t20-,21+,22+,24+,25-,26+,27+,28+,29-,30-,31+,32+,33-,34-,35+,36+,37+,38-,39-,40-,41+,42+,43-,44+,45+,46+,47-,48+,49+,50-/m1/s1. The maximum absolute atomic E-state index is 12.1. The topological polar surface area (TPSA) is 315 Å². The molecule has 0 unspecified atom stereocenters. The zero-order valence-electron chi connectivity index (χ0n) is 41.4. The summed E-state index contributed by atoms with van der Waals surface area (Å²) in [6.07, 6.45) is -19.6. The molecule has 406 valence electrons. The zero-order chi connectivity index (χ0) is 50.6. The van der Waals surface area contributed by atoms with Crippen molar-refractivity contribution in [3.63, 3.8) is 0 Å². The van der Waals surface area contributed by atoms with Crippen LogP contribution >= 0.6 is 0 Å². The Morgan fingerprint density at radius 1 is 0.592 bits per heavy atom. The first-order chi connectivity index (χ1) is 33.8. The lowest BCUT2D eigenvalue weighted by molar-refractivity contribution is -0.394. The average molecular weight is 1020 g/mol. The second kappa shape index (κ2) is 20.4. The van der Waals surface area contributed by atoms with Gasteiger partial charge in [0.2, 0.25) is 0 Å². The van der Waals surface area contributed by atoms with Crippen molar-refractivity contribution < 1.29 is 104 Å². The Balaban J connectivity index is 0.849. The largest absolute Gasteiger partial charge is 0.394 e. The Labute approximate surface area is 414 Å². The van der Waals surface area contributed by atoms with E-state index in [4.69, 9.17) is 47.4 Å². The molecule has 30 atom stereocenters. The molecule has 0 aromatic rings. The van der Waals surface area contributed by atoms with Gasteiger partial charge in [0.15, 0.2) is 30.9 Å². The summed E-state index contributed by atoms with van der Waals surface area (Å²) < 4.78 is 62.1. The molecule has 0 radical (unpaired) electrons. The van der Waals surface area contributed by atoms with Gasteiger partial charge in [0.1, 0.15) is 85.5 Å². The Hall–Kier alpha value is -1.10. The molecule has 0 aromatic carbocycles. The van der Waals surface area contributed by atoms with Gasteiger partial charge < -0.3 is 104 Å². The molecule has 3 saturated carbocycles. The summed E-state index contributed by atoms with van der Waals surface area (Å²) in [4.78, 5) is 0. The quantitative estimate of drug-likeness (QED) is 0.107. The molecule has 9 fully saturated rings. The van der Waals surface area contributed by atoms with Crippen LogP contribution < -0.4 is 0 Å². The third kappa shape index (κ3) is 9.02. The van der Waals surface area contributed by atoms with Crippen LogP contribution in [0.15, 0.2) is 11.6 Å². The van der Waals surface area contributed by atoms with Crippen molar-refractivity contribution in [3.8, 4) is 0 Å². The highest BCUT2D eigenvalue weighted by Crippen LogP contribution is 2.71. The van der Waals surface area contributed by atoms with Crippen molar-refractivity contribution >= 4 is 0 Å². The van der Waals surface area contributed by atoms with E-state index in [1.54, 1.807) is 0 Å². The lowest BCUT2D eigenvalue weighted by Crippen LogP contribution is -2.67. The Bertz CT molecular complexity index is 1870. The van der Waals surface area contributed by atoms with Gasteiger partial charge in [0.05, 0.1) is 44.7 Å². The Morgan fingerprint density at radius 3 is 1.83 bits per heavy atom. The summed E-state index contributed by atoms with van der Waals surface area (Å²) in [5, 5.41) is 118. The zero-order valence-corrected chi connectivity index (χ0v) is 41.4. The fourth-order valence-corrected chi connectivity index (χ4v) is 15.3. The maximum Gasteiger partial charge on any atom is 0.187 e. The van der Waals surface area contributed by atoms with Crippen molar-refractivity contribution in [1.82, 2.24) is 0 Å². The molecular weight excluding hydrogens is 937 g/mol. The highest BCUT2D eigenvalue weighted by molar-refractivity contribution is 5.26. The molecule has 1 spiro atoms. The third-order valence-corrected chi connectivity index (χ3v) is 19.4. The van der Waals surface area contributed by atoms with Gasteiger partial charge in [-0.2, -0.15) is 0 Å². The first-order valence-corrected chi connectivity index (χ1v) is 26.3. The Kier molecular flexibility index (Phi) is 15.3. The maximum atomic E-state index is 12.1. The molecule has 10 rings (SSSR count). The predicted octanol–water partition coefficient (Wildman–Crippen LogP) is -1.32. The van der Waals surface area contributed by atoms with E-state index >= 15 is 0 Å². The fourth-order valence-electron chi connectivity index (χ4n) is 15.3. The second-order valence-corrected chi connectivity index (χ2v) is 23.4. The van der Waals surface area contributed by atoms with Crippen molar-refractivity contribution in [2.24, 2.45) is 46.3 Å². The minimum Gasteiger partial charge on any atom is -0.394 e. The van der Waals surface area contributed by atoms with Crippen LogP contribution in [0.25, 0.3) is 0 Å². The van der Waals surface area contributed by atoms with Crippen LogP contribution in [0.1, 0.15) is 92.4 Å². The van der Waals surface area contributed by atoms with Gasteiger partial charge in [-0.15, -0.1) is 0 Å². The predicted molar refractivity (Wildman–Crippen MR) is 241 cm³/mol. The van der Waals surface area contributed by atoms with E-state index in [0.29, 0.717) is 48.3 Å². The highest BCUT2D eigenvalue weighted by atomic mass is 16.8. The summed E-state index contributed by atoms with van der Waals surface area (Å²) in [6.45, 7) is 9.67. The summed E-state index contributed by atoms with van der Waals surface area (Å²) in [7, 11) is 0. The highest BCUT2D eigenvalue weighted by Gasteiger charge is 2.69. The minimum absolute atomic E-state index is 0.0633. The van der Waals surface area contributed by atoms with Gasteiger partial charge in [-0.1, -0.05) is 39.3 Å². The third-order valence-electron chi connectivity index (χ3n) is 19.4. The molecule has 21 nitrogen and oxygen atoms in total. The van der Waals surface area contributed by atoms with Crippen LogP contribution in [0.4, 0.5) is 0 Å². The number of allylic oxidation sites excluding steroid dienone is 1. The first-order valence-electron chi connectivity index (χ1n) is 26.3. The summed E-state index contributed by atoms with van der Waals surface area (Å²) in [6, 6.07) is 0. The van der Waals surface area contributed by atoms with E-state index in [9.17, 15) is 56.2 Å². The SMILES string of the molecule is C[C@@H]1CC[C@@]2(OC1)O[C@H]1C[C@H]3[C@@H]4CC=C5C[C@@H](O[C@@H]6O[C@H](CO)[C@@H](O)[C@H](O)[C@H]6O[C@@H]6O[C@@H](C)[C@H](O[C@@H]7O[C@@H](CO)[C@H](O)[C@H]7O)[C@@H](O[C@@H]7O[C@H](CO)[C@@H](O)[C@H](O)[C@H]7O)[C@H]6O)CC[C@]5(C)[C@H]4CC[C@]3(C)[C@H]1[C@@H]2C. The molecule has 21 heteroatoms. The summed E-state index contributed by atoms with van der Waals surface area (Å²) in [5.74, 6) is 2.43. The number of aliphatic hydroxyl groups excluding tert-OH is 11. The van der Waals surface area contributed by atoms with Crippen molar-refractivity contribution in [2.75, 3.05) is 26.4 Å². The molecular formula is C50H80O21. The van der Waals surface area contributed by atoms with Crippen molar-refractivity contribution in [2.45, 2.75) is 227 Å². The van der Waals surface area contributed by atoms with E-state index < -0.39 is 148 Å². The van der Waals surface area contributed by atoms with Crippen LogP contribution in [-0.2, 0) is 47.4 Å². The van der Waals surface area contributed by atoms with Gasteiger partial charge in [-0.25, -0.2) is 0 Å². The second-order valence-electron chi connectivity index (χ2n) is 23.4. The molecule has 6 heterocycles. The van der Waals surface area contributed by atoms with E-state index in [-0.39, 0.29) is 16.9 Å². The van der Waals surface area contributed by atoms with Crippen LogP contribution in [0.3, 0.4) is 0 Å². The van der Waals surface area contributed by atoms with Gasteiger partial charge in [-0.3, -0.25) is 0 Å². The van der Waals surface area contributed by atoms with E-state index in [1.165, 1.54) is 12.5 Å². The van der Waals surface area contributed by atoms with Crippen LogP contribution in [-0.4, -0.2) is 217 Å². The summed E-state index contributed by atoms with van der Waals surface area (Å²) in [5.41, 5.74) is 1.41. The Morgan fingerprint density at radius 2 is 1.18 bits per heavy atom. The summed E-state index contributed by atoms with van der Waals surface area (Å²) >= 11 is 0. The number of aliphatic hydroxyl groups is 11. The molecule has 0 amide bonds. The monoisotopic (exact) mass is 1020 g/mol. The van der Waals surface area contributed by atoms with Crippen molar-refractivity contribution in [1.29, 1.82) is 0 Å². The first kappa shape index (κ1) is 53.3. The molecule has 0 aromatic heterocycles. The van der Waals surface area contributed by atoms with Crippen molar-refractivity contribution in [3.05, 3.63) is 11.6 Å². The molecule has 4 aliphatic carbocycles. The molecule has 10 aliphatic rings. The smallest absolute Gasteiger partial charge is 0.187 e. The molecule has 11 N–H and O–H groups in total. The molecule has 71 heavy (non-hydrogen) atoms. The minimum atomic E-state index is -1.92. The number of rotatable bonds is 11. The van der Waals surface area contributed by atoms with Gasteiger partial charge in [0.25, 0.3) is 0 Å². The van der Waals surface area contributed by atoms with E-state index in [2.05, 4.69) is 33.8 Å². The van der Waals surface area contributed by atoms with Crippen LogP contribution in [0, 0.1) is 46.3 Å². The number of ether oxygens (including phenoxy) is 10. The van der Waals surface area contributed by atoms with Gasteiger partial charge in [0, 0.05) is 12.3 Å². The molecule has 0 bridgehead atoms. The average Bonchev–Trinajstić information content (AvgIpc) is 3.92. The number of hydrogen-bond donors (Lipinski definition) is 11. The van der Waals surface area contributed by atoms with E-state index in [1.807, 2.05) is 0 Å². The van der Waals surface area contributed by atoms with Crippen LogP contribution in [0.2, 0.25) is 0 Å². The number of hydrogen-bond acceptors (Lipinski definition) is 21.